The molecular formula is C20H18N4O7. The van der Waals surface area contributed by atoms with Gasteiger partial charge in [0.15, 0.2) is 11.5 Å². The molecule has 0 radical (unpaired) electrons. The fraction of sp³-hybridized carbons (Fsp3) is 0.150. The Bertz CT molecular complexity index is 1130. The fourth-order valence-corrected chi connectivity index (χ4v) is 2.75. The highest BCUT2D eigenvalue weighted by Crippen LogP contribution is 2.34. The number of hydrogen-bond donors (Lipinski definition) is 2. The molecule has 0 saturated carbocycles. The first-order valence-corrected chi connectivity index (χ1v) is 9.02. The number of nitro groups is 1. The largest absolute Gasteiger partial charge is 0.493 e. The lowest BCUT2D eigenvalue weighted by atomic mass is 10.2. The number of non-ortho nitro benzene ring substituents is 1. The van der Waals surface area contributed by atoms with E-state index in [1.54, 1.807) is 24.3 Å². The molecule has 0 spiro atoms. The van der Waals surface area contributed by atoms with Gasteiger partial charge in [0.25, 0.3) is 11.6 Å². The second kappa shape index (κ2) is 9.39. The standard InChI is InChI=1S/C20H18N4O7/c1-30-17-4-2-3-5-18(17)31-15-11-13(10-14(12-15)24(28)29)22-20(27)16-6-8-21-23(16)9-7-19(25)26/h2-6,8,10-12H,7,9H2,1H3,(H,22,27)(H,25,26). The number of carboxylic acids is 1. The third kappa shape index (κ3) is 5.35. The number of carbonyl (C=O) groups is 2. The monoisotopic (exact) mass is 426 g/mol. The Kier molecular flexibility index (Phi) is 6.45. The second-order valence-corrected chi connectivity index (χ2v) is 6.26. The number of anilines is 1. The molecule has 0 aliphatic heterocycles. The lowest BCUT2D eigenvalue weighted by Crippen LogP contribution is -2.19. The number of aryl methyl sites for hydroxylation is 1. The van der Waals surface area contributed by atoms with Crippen molar-refractivity contribution in [2.45, 2.75) is 13.0 Å². The SMILES string of the molecule is COc1ccccc1Oc1cc(NC(=O)c2ccnn2CCC(=O)O)cc([N+](=O)[O-])c1. The minimum Gasteiger partial charge on any atom is -0.493 e. The highest BCUT2D eigenvalue weighted by Gasteiger charge is 2.17. The van der Waals surface area contributed by atoms with E-state index in [4.69, 9.17) is 14.6 Å². The van der Waals surface area contributed by atoms with Crippen LogP contribution in [0, 0.1) is 10.1 Å². The fourth-order valence-electron chi connectivity index (χ4n) is 2.75. The van der Waals surface area contributed by atoms with Crippen molar-refractivity contribution in [3.05, 3.63) is 70.5 Å². The van der Waals surface area contributed by atoms with Crippen molar-refractivity contribution < 1.29 is 29.1 Å². The van der Waals surface area contributed by atoms with Crippen molar-refractivity contribution in [1.82, 2.24) is 9.78 Å². The Balaban J connectivity index is 1.86. The number of ether oxygens (including phenoxy) is 2. The van der Waals surface area contributed by atoms with Crippen molar-refractivity contribution in [3.8, 4) is 17.2 Å². The molecule has 0 aliphatic rings. The second-order valence-electron chi connectivity index (χ2n) is 6.26. The summed E-state index contributed by atoms with van der Waals surface area (Å²) in [4.78, 5) is 34.1. The van der Waals surface area contributed by atoms with Gasteiger partial charge < -0.3 is 19.9 Å². The highest BCUT2D eigenvalue weighted by atomic mass is 16.6. The molecular weight excluding hydrogens is 408 g/mol. The van der Waals surface area contributed by atoms with Crippen LogP contribution in [0.2, 0.25) is 0 Å². The third-order valence-electron chi connectivity index (χ3n) is 4.14. The molecule has 0 bridgehead atoms. The molecule has 31 heavy (non-hydrogen) atoms. The summed E-state index contributed by atoms with van der Waals surface area (Å²) in [5.74, 6) is -0.741. The summed E-state index contributed by atoms with van der Waals surface area (Å²) in [5, 5.41) is 26.7. The molecule has 0 saturated heterocycles. The van der Waals surface area contributed by atoms with Crippen molar-refractivity contribution in [1.29, 1.82) is 0 Å². The zero-order valence-corrected chi connectivity index (χ0v) is 16.3. The van der Waals surface area contributed by atoms with Crippen LogP contribution in [0.5, 0.6) is 17.2 Å². The average molecular weight is 426 g/mol. The molecule has 1 aromatic heterocycles. The number of benzene rings is 2. The van der Waals surface area contributed by atoms with Crippen LogP contribution in [0.3, 0.4) is 0 Å². The van der Waals surface area contributed by atoms with Crippen molar-refractivity contribution in [2.24, 2.45) is 0 Å². The van der Waals surface area contributed by atoms with Crippen LogP contribution in [0.25, 0.3) is 0 Å². The lowest BCUT2D eigenvalue weighted by Gasteiger charge is -2.12. The van der Waals surface area contributed by atoms with Crippen LogP contribution < -0.4 is 14.8 Å². The average Bonchev–Trinajstić information content (AvgIpc) is 3.21. The predicted molar refractivity (Wildman–Crippen MR) is 109 cm³/mol. The summed E-state index contributed by atoms with van der Waals surface area (Å²) in [5.41, 5.74) is -0.0582. The Morgan fingerprint density at radius 3 is 2.61 bits per heavy atom. The van der Waals surface area contributed by atoms with E-state index in [1.165, 1.54) is 42.3 Å². The minimum absolute atomic E-state index is 0.00217. The van der Waals surface area contributed by atoms with Crippen LogP contribution in [-0.4, -0.2) is 38.8 Å². The minimum atomic E-state index is -1.03. The Labute approximate surface area is 176 Å². The molecule has 3 aromatic rings. The van der Waals surface area contributed by atoms with Gasteiger partial charge in [-0.2, -0.15) is 5.10 Å². The molecule has 0 aliphatic carbocycles. The van der Waals surface area contributed by atoms with E-state index in [9.17, 15) is 19.7 Å². The first-order chi connectivity index (χ1) is 14.9. The van der Waals surface area contributed by atoms with E-state index in [2.05, 4.69) is 10.4 Å². The maximum absolute atomic E-state index is 12.6. The number of para-hydroxylation sites is 2. The van der Waals surface area contributed by atoms with E-state index in [0.717, 1.165) is 0 Å². The molecule has 1 amide bonds. The summed E-state index contributed by atoms with van der Waals surface area (Å²) >= 11 is 0. The van der Waals surface area contributed by atoms with E-state index in [0.29, 0.717) is 11.5 Å². The van der Waals surface area contributed by atoms with Crippen LogP contribution in [0.15, 0.2) is 54.7 Å². The number of nitro benzene ring substituents is 1. The van der Waals surface area contributed by atoms with Gasteiger partial charge in [0, 0.05) is 18.3 Å². The Morgan fingerprint density at radius 2 is 1.94 bits per heavy atom. The van der Waals surface area contributed by atoms with Gasteiger partial charge in [-0.25, -0.2) is 0 Å². The van der Waals surface area contributed by atoms with Gasteiger partial charge in [-0.1, -0.05) is 12.1 Å². The van der Waals surface area contributed by atoms with Crippen LogP contribution in [0.4, 0.5) is 11.4 Å². The maximum Gasteiger partial charge on any atom is 0.305 e. The van der Waals surface area contributed by atoms with Gasteiger partial charge in [0.2, 0.25) is 0 Å². The number of methoxy groups -OCH3 is 1. The number of carboxylic acid groups (broad SMARTS) is 1. The summed E-state index contributed by atoms with van der Waals surface area (Å²) < 4.78 is 12.2. The number of aromatic nitrogens is 2. The normalized spacial score (nSPS) is 10.4. The summed E-state index contributed by atoms with van der Waals surface area (Å²) in [6.45, 7) is 0.00217. The molecule has 11 nitrogen and oxygen atoms in total. The smallest absolute Gasteiger partial charge is 0.305 e. The van der Waals surface area contributed by atoms with Gasteiger partial charge in [-0.3, -0.25) is 24.4 Å². The van der Waals surface area contributed by atoms with E-state index in [-0.39, 0.29) is 35.8 Å². The molecule has 1 heterocycles. The van der Waals surface area contributed by atoms with Crippen LogP contribution >= 0.6 is 0 Å². The van der Waals surface area contributed by atoms with E-state index in [1.807, 2.05) is 0 Å². The highest BCUT2D eigenvalue weighted by molar-refractivity contribution is 6.03. The van der Waals surface area contributed by atoms with Gasteiger partial charge in [-0.05, 0) is 18.2 Å². The number of aliphatic carboxylic acids is 1. The van der Waals surface area contributed by atoms with Gasteiger partial charge in [0.05, 0.1) is 36.8 Å². The van der Waals surface area contributed by atoms with Crippen molar-refractivity contribution in [3.63, 3.8) is 0 Å². The van der Waals surface area contributed by atoms with Crippen molar-refractivity contribution in [2.75, 3.05) is 12.4 Å². The first-order valence-electron chi connectivity index (χ1n) is 9.02. The zero-order valence-electron chi connectivity index (χ0n) is 16.3. The van der Waals surface area contributed by atoms with E-state index < -0.39 is 16.8 Å². The molecule has 0 unspecified atom stereocenters. The molecule has 0 fully saturated rings. The van der Waals surface area contributed by atoms with Crippen LogP contribution in [-0.2, 0) is 11.3 Å². The Hall–Kier alpha value is -4.41. The Morgan fingerprint density at radius 1 is 1.19 bits per heavy atom. The molecule has 160 valence electrons. The number of carbonyl (C=O) groups excluding carboxylic acids is 1. The first kappa shape index (κ1) is 21.3. The summed E-state index contributed by atoms with van der Waals surface area (Å²) in [7, 11) is 1.47. The number of rotatable bonds is 9. The topological polar surface area (TPSA) is 146 Å². The molecule has 0 atom stereocenters. The molecule has 11 heteroatoms. The van der Waals surface area contributed by atoms with Gasteiger partial charge >= 0.3 is 5.97 Å². The lowest BCUT2D eigenvalue weighted by molar-refractivity contribution is -0.384. The summed E-state index contributed by atoms with van der Waals surface area (Å²) in [6.07, 6.45) is 1.15. The predicted octanol–water partition coefficient (Wildman–Crippen LogP) is 3.32. The molecule has 2 N–H and O–H groups in total. The number of amides is 1. The van der Waals surface area contributed by atoms with E-state index >= 15 is 0 Å². The number of nitrogens with one attached hydrogen (secondary N) is 1. The van der Waals surface area contributed by atoms with Crippen LogP contribution in [0.1, 0.15) is 16.9 Å². The maximum atomic E-state index is 12.6. The van der Waals surface area contributed by atoms with Gasteiger partial charge in [-0.15, -0.1) is 0 Å². The third-order valence-corrected chi connectivity index (χ3v) is 4.14. The number of nitrogens with zero attached hydrogens (tertiary/aromatic N) is 3. The molecule has 2 aromatic carbocycles. The van der Waals surface area contributed by atoms with Gasteiger partial charge in [0.1, 0.15) is 11.4 Å². The summed E-state index contributed by atoms with van der Waals surface area (Å²) in [6, 6.07) is 12.0. The number of hydrogen-bond acceptors (Lipinski definition) is 7. The van der Waals surface area contributed by atoms with Crippen molar-refractivity contribution >= 4 is 23.3 Å². The molecule has 3 rings (SSSR count). The quantitative estimate of drug-likeness (QED) is 0.391. The zero-order chi connectivity index (χ0) is 22.4.